The minimum absolute atomic E-state index is 0.0214. The molecule has 3 N–H and O–H groups in total. The van der Waals surface area contributed by atoms with Gasteiger partial charge in [0.25, 0.3) is 0 Å². The summed E-state index contributed by atoms with van der Waals surface area (Å²) in [7, 11) is 0. The number of halogens is 1. The first kappa shape index (κ1) is 19.1. The number of aliphatic hydroxyl groups is 1. The van der Waals surface area contributed by atoms with Crippen LogP contribution in [0.5, 0.6) is 0 Å². The van der Waals surface area contributed by atoms with Gasteiger partial charge in [-0.1, -0.05) is 23.7 Å². The van der Waals surface area contributed by atoms with Gasteiger partial charge < -0.3 is 15.7 Å². The van der Waals surface area contributed by atoms with Crippen molar-refractivity contribution in [2.24, 2.45) is 0 Å². The van der Waals surface area contributed by atoms with Crippen LogP contribution in [0.2, 0.25) is 5.02 Å². The topological polar surface area (TPSA) is 83.0 Å². The number of rotatable bonds is 6. The zero-order chi connectivity index (χ0) is 19.4. The molecule has 0 unspecified atom stereocenters. The lowest BCUT2D eigenvalue weighted by molar-refractivity contribution is 0.281. The average Bonchev–Trinajstić information content (AvgIpc) is 2.68. The van der Waals surface area contributed by atoms with Crippen LogP contribution in [-0.2, 0) is 0 Å². The highest BCUT2D eigenvalue weighted by atomic mass is 35.5. The van der Waals surface area contributed by atoms with Crippen molar-refractivity contribution in [2.45, 2.75) is 26.8 Å². The summed E-state index contributed by atoms with van der Waals surface area (Å²) in [6.45, 7) is 5.81. The molecule has 0 saturated carbocycles. The molecule has 0 saturated heterocycles. The summed E-state index contributed by atoms with van der Waals surface area (Å²) < 4.78 is 0. The number of aliphatic hydroxyl groups excluding tert-OH is 1. The highest BCUT2D eigenvalue weighted by molar-refractivity contribution is 6.31. The summed E-state index contributed by atoms with van der Waals surface area (Å²) in [4.78, 5) is 13.4. The Balaban J connectivity index is 2.04. The Morgan fingerprint density at radius 2 is 1.93 bits per heavy atom. The number of aromatic nitrogens is 3. The fourth-order valence-electron chi connectivity index (χ4n) is 2.63. The second-order valence-electron chi connectivity index (χ2n) is 6.39. The van der Waals surface area contributed by atoms with Crippen LogP contribution < -0.4 is 10.6 Å². The quantitative estimate of drug-likeness (QED) is 0.587. The maximum atomic E-state index is 9.33. The number of nitrogens with one attached hydrogen (secondary N) is 2. The summed E-state index contributed by atoms with van der Waals surface area (Å²) in [5.41, 5.74) is 4.34. The van der Waals surface area contributed by atoms with Gasteiger partial charge in [-0.15, -0.1) is 0 Å². The molecule has 27 heavy (non-hydrogen) atoms. The van der Waals surface area contributed by atoms with Crippen molar-refractivity contribution >= 4 is 29.1 Å². The van der Waals surface area contributed by atoms with E-state index in [0.717, 1.165) is 22.5 Å². The van der Waals surface area contributed by atoms with Gasteiger partial charge in [-0.05, 0) is 50.1 Å². The largest absolute Gasteiger partial charge is 0.394 e. The first-order chi connectivity index (χ1) is 13.0. The summed E-state index contributed by atoms with van der Waals surface area (Å²) in [5.74, 6) is 1.03. The van der Waals surface area contributed by atoms with E-state index >= 15 is 0 Å². The van der Waals surface area contributed by atoms with E-state index in [0.29, 0.717) is 22.5 Å². The molecular weight excluding hydrogens is 362 g/mol. The van der Waals surface area contributed by atoms with Gasteiger partial charge in [0, 0.05) is 29.0 Å². The Morgan fingerprint density at radius 3 is 2.63 bits per heavy atom. The monoisotopic (exact) mass is 383 g/mol. The van der Waals surface area contributed by atoms with Crippen LogP contribution in [-0.4, -0.2) is 32.7 Å². The number of aryl methyl sites for hydroxylation is 1. The predicted molar refractivity (Wildman–Crippen MR) is 110 cm³/mol. The Labute approximate surface area is 163 Å². The van der Waals surface area contributed by atoms with Gasteiger partial charge in [-0.2, -0.15) is 4.98 Å². The average molecular weight is 384 g/mol. The summed E-state index contributed by atoms with van der Waals surface area (Å²) in [6.07, 6.45) is 1.72. The van der Waals surface area contributed by atoms with Crippen molar-refractivity contribution in [1.82, 2.24) is 15.0 Å². The van der Waals surface area contributed by atoms with Gasteiger partial charge in [0.15, 0.2) is 0 Å². The van der Waals surface area contributed by atoms with Crippen molar-refractivity contribution in [3.63, 3.8) is 0 Å². The maximum absolute atomic E-state index is 9.33. The van der Waals surface area contributed by atoms with E-state index in [9.17, 15) is 5.11 Å². The molecule has 0 aliphatic heterocycles. The zero-order valence-corrected chi connectivity index (χ0v) is 16.2. The maximum Gasteiger partial charge on any atom is 0.225 e. The van der Waals surface area contributed by atoms with E-state index in [-0.39, 0.29) is 12.6 Å². The molecule has 1 aromatic carbocycles. The van der Waals surface area contributed by atoms with E-state index < -0.39 is 0 Å². The molecule has 0 spiro atoms. The van der Waals surface area contributed by atoms with E-state index in [1.165, 1.54) is 0 Å². The predicted octanol–water partition coefficient (Wildman–Crippen LogP) is 4.35. The number of hydrogen-bond acceptors (Lipinski definition) is 6. The van der Waals surface area contributed by atoms with Crippen molar-refractivity contribution in [2.75, 3.05) is 17.2 Å². The molecule has 0 aliphatic carbocycles. The number of hydrogen-bond donors (Lipinski definition) is 3. The molecule has 0 radical (unpaired) electrons. The van der Waals surface area contributed by atoms with E-state index in [2.05, 4.69) is 25.6 Å². The molecule has 7 heteroatoms. The number of pyridine rings is 1. The van der Waals surface area contributed by atoms with E-state index in [4.69, 9.17) is 11.6 Å². The van der Waals surface area contributed by atoms with Gasteiger partial charge in [-0.3, -0.25) is 4.98 Å². The summed E-state index contributed by atoms with van der Waals surface area (Å²) in [6, 6.07) is 11.2. The third kappa shape index (κ3) is 4.53. The van der Waals surface area contributed by atoms with Crippen LogP contribution >= 0.6 is 11.6 Å². The first-order valence-corrected chi connectivity index (χ1v) is 9.06. The van der Waals surface area contributed by atoms with Crippen LogP contribution in [0.3, 0.4) is 0 Å². The molecule has 1 atom stereocenters. The van der Waals surface area contributed by atoms with Gasteiger partial charge in [0.05, 0.1) is 18.0 Å². The van der Waals surface area contributed by atoms with Crippen molar-refractivity contribution < 1.29 is 5.11 Å². The molecule has 2 heterocycles. The molecule has 6 nitrogen and oxygen atoms in total. The van der Waals surface area contributed by atoms with Crippen molar-refractivity contribution in [1.29, 1.82) is 0 Å². The summed E-state index contributed by atoms with van der Waals surface area (Å²) in [5, 5.41) is 16.5. The van der Waals surface area contributed by atoms with Crippen LogP contribution in [0, 0.1) is 13.8 Å². The van der Waals surface area contributed by atoms with E-state index in [1.54, 1.807) is 6.20 Å². The van der Waals surface area contributed by atoms with Gasteiger partial charge >= 0.3 is 0 Å². The Kier molecular flexibility index (Phi) is 5.88. The first-order valence-electron chi connectivity index (χ1n) is 8.68. The third-order valence-electron chi connectivity index (χ3n) is 4.16. The molecule has 0 aliphatic rings. The number of benzene rings is 1. The van der Waals surface area contributed by atoms with Crippen LogP contribution in [0.1, 0.15) is 18.1 Å². The van der Waals surface area contributed by atoms with Crippen LogP contribution in [0.4, 0.5) is 17.5 Å². The van der Waals surface area contributed by atoms with Crippen molar-refractivity contribution in [3.05, 3.63) is 58.7 Å². The molecule has 3 aromatic rings. The Morgan fingerprint density at radius 1 is 1.11 bits per heavy atom. The second kappa shape index (κ2) is 8.33. The third-order valence-corrected chi connectivity index (χ3v) is 4.57. The smallest absolute Gasteiger partial charge is 0.225 e. The fourth-order valence-corrected chi connectivity index (χ4v) is 2.79. The lowest BCUT2D eigenvalue weighted by atomic mass is 10.1. The van der Waals surface area contributed by atoms with E-state index in [1.807, 2.05) is 57.2 Å². The lowest BCUT2D eigenvalue weighted by Crippen LogP contribution is -2.21. The lowest BCUT2D eigenvalue weighted by Gasteiger charge is -2.16. The minimum atomic E-state index is -0.175. The highest BCUT2D eigenvalue weighted by Crippen LogP contribution is 2.30. The zero-order valence-electron chi connectivity index (χ0n) is 15.5. The highest BCUT2D eigenvalue weighted by Gasteiger charge is 2.12. The molecule has 3 rings (SSSR count). The summed E-state index contributed by atoms with van der Waals surface area (Å²) >= 11 is 6.28. The standard InChI is InChI=1S/C20H22ClN5O/c1-12-7-8-15(21)14(3)19(12)25-18-10-17(16-6-4-5-9-22-16)24-20(26-18)23-13(2)11-27/h4-10,13,27H,11H2,1-3H3,(H2,23,24,25,26)/t13-/m0/s1. The number of anilines is 3. The Bertz CT molecular complexity index is 933. The van der Waals surface area contributed by atoms with Gasteiger partial charge in [0.1, 0.15) is 5.82 Å². The molecular formula is C20H22ClN5O. The molecule has 0 fully saturated rings. The minimum Gasteiger partial charge on any atom is -0.394 e. The molecule has 0 amide bonds. The SMILES string of the molecule is Cc1ccc(Cl)c(C)c1Nc1cc(-c2ccccn2)nc(N[C@@H](C)CO)n1. The fraction of sp³-hybridized carbons (Fsp3) is 0.250. The molecule has 140 valence electrons. The van der Waals surface area contributed by atoms with Crippen LogP contribution in [0.25, 0.3) is 11.4 Å². The normalized spacial score (nSPS) is 11.9. The number of nitrogens with zero attached hydrogens (tertiary/aromatic N) is 3. The van der Waals surface area contributed by atoms with Gasteiger partial charge in [-0.25, -0.2) is 4.98 Å². The van der Waals surface area contributed by atoms with Gasteiger partial charge in [0.2, 0.25) is 5.95 Å². The Hall–Kier alpha value is -2.70. The second-order valence-corrected chi connectivity index (χ2v) is 6.80. The molecule has 0 bridgehead atoms. The van der Waals surface area contributed by atoms with Crippen LogP contribution in [0.15, 0.2) is 42.6 Å². The van der Waals surface area contributed by atoms with Crippen molar-refractivity contribution in [3.8, 4) is 11.4 Å². The molecule has 2 aromatic heterocycles.